The highest BCUT2D eigenvalue weighted by Crippen LogP contribution is 2.37. The first-order chi connectivity index (χ1) is 10.1. The highest BCUT2D eigenvalue weighted by atomic mass is 16.5. The van der Waals surface area contributed by atoms with Crippen LogP contribution in [0.3, 0.4) is 0 Å². The third-order valence-electron chi connectivity index (χ3n) is 5.84. The maximum Gasteiger partial charge on any atom is 0.237 e. The number of carbonyl (C=O) groups is 1. The van der Waals surface area contributed by atoms with Gasteiger partial charge in [-0.2, -0.15) is 0 Å². The molecule has 4 atom stereocenters. The molecule has 1 amide bonds. The quantitative estimate of drug-likeness (QED) is 0.803. The van der Waals surface area contributed by atoms with Crippen molar-refractivity contribution < 1.29 is 9.53 Å². The number of hydrogen-bond acceptors (Lipinski definition) is 4. The summed E-state index contributed by atoms with van der Waals surface area (Å²) in [5.41, 5.74) is 5.34. The minimum Gasteiger partial charge on any atom is -0.372 e. The standard InChI is InChI=1S/C16H27N3O2/c17-15(20)16(18-11-3-4-11)7-1-2-12(8-16)19-9-13-5-6-14(10-19)21-13/h11-14,18H,1-10H2,(H2,17,20). The number of primary amides is 1. The van der Waals surface area contributed by atoms with E-state index in [1.54, 1.807) is 0 Å². The number of likely N-dealkylation sites (tertiary alicyclic amines) is 1. The van der Waals surface area contributed by atoms with Crippen molar-refractivity contribution in [2.75, 3.05) is 13.1 Å². The molecule has 2 saturated heterocycles. The molecule has 4 rings (SSSR count). The number of nitrogens with two attached hydrogens (primary N) is 1. The molecule has 2 bridgehead atoms. The van der Waals surface area contributed by atoms with Gasteiger partial charge in [-0.25, -0.2) is 0 Å². The predicted molar refractivity (Wildman–Crippen MR) is 79.8 cm³/mol. The first-order valence-corrected chi connectivity index (χ1v) is 8.62. The number of nitrogens with one attached hydrogen (secondary N) is 1. The highest BCUT2D eigenvalue weighted by molar-refractivity contribution is 5.85. The van der Waals surface area contributed by atoms with Gasteiger partial charge in [-0.3, -0.25) is 9.69 Å². The van der Waals surface area contributed by atoms with Crippen LogP contribution in [0.2, 0.25) is 0 Å². The number of nitrogens with zero attached hydrogens (tertiary/aromatic N) is 1. The summed E-state index contributed by atoms with van der Waals surface area (Å²) >= 11 is 0. The third-order valence-corrected chi connectivity index (χ3v) is 5.84. The van der Waals surface area contributed by atoms with Crippen LogP contribution in [0.1, 0.15) is 51.4 Å². The lowest BCUT2D eigenvalue weighted by molar-refractivity contribution is -0.128. The van der Waals surface area contributed by atoms with Gasteiger partial charge in [0.15, 0.2) is 0 Å². The van der Waals surface area contributed by atoms with E-state index in [9.17, 15) is 4.79 Å². The Hall–Kier alpha value is -0.650. The van der Waals surface area contributed by atoms with Gasteiger partial charge in [0.25, 0.3) is 0 Å². The summed E-state index contributed by atoms with van der Waals surface area (Å²) in [7, 11) is 0. The minimum absolute atomic E-state index is 0.143. The van der Waals surface area contributed by atoms with Gasteiger partial charge in [-0.05, 0) is 51.4 Å². The second-order valence-electron chi connectivity index (χ2n) is 7.53. The first kappa shape index (κ1) is 14.0. The highest BCUT2D eigenvalue weighted by Gasteiger charge is 2.47. The number of carbonyl (C=O) groups excluding carboxylic acids is 1. The second kappa shape index (κ2) is 5.21. The molecule has 5 nitrogen and oxygen atoms in total. The molecule has 0 aromatic carbocycles. The summed E-state index contributed by atoms with van der Waals surface area (Å²) < 4.78 is 5.94. The molecule has 0 aromatic heterocycles. The van der Waals surface area contributed by atoms with Crippen LogP contribution in [-0.4, -0.2) is 53.7 Å². The zero-order chi connectivity index (χ0) is 14.4. The molecular weight excluding hydrogens is 266 g/mol. The Kier molecular flexibility index (Phi) is 3.47. The van der Waals surface area contributed by atoms with Crippen molar-refractivity contribution in [3.05, 3.63) is 0 Å². The van der Waals surface area contributed by atoms with Gasteiger partial charge in [0.05, 0.1) is 17.7 Å². The van der Waals surface area contributed by atoms with Crippen molar-refractivity contribution in [1.82, 2.24) is 10.2 Å². The van der Waals surface area contributed by atoms with Gasteiger partial charge in [0.2, 0.25) is 5.91 Å². The fraction of sp³-hybridized carbons (Fsp3) is 0.938. The number of amides is 1. The van der Waals surface area contributed by atoms with E-state index in [0.29, 0.717) is 24.3 Å². The van der Waals surface area contributed by atoms with Crippen LogP contribution >= 0.6 is 0 Å². The van der Waals surface area contributed by atoms with E-state index >= 15 is 0 Å². The Bertz CT molecular complexity index is 414. The molecule has 2 heterocycles. The number of ether oxygens (including phenoxy) is 1. The van der Waals surface area contributed by atoms with Crippen LogP contribution in [0.4, 0.5) is 0 Å². The molecule has 118 valence electrons. The smallest absolute Gasteiger partial charge is 0.237 e. The molecule has 2 aliphatic heterocycles. The van der Waals surface area contributed by atoms with Gasteiger partial charge in [0.1, 0.15) is 0 Å². The predicted octanol–water partition coefficient (Wildman–Crippen LogP) is 0.768. The monoisotopic (exact) mass is 293 g/mol. The van der Waals surface area contributed by atoms with Gasteiger partial charge < -0.3 is 15.8 Å². The summed E-state index contributed by atoms with van der Waals surface area (Å²) in [6, 6.07) is 1.02. The molecule has 4 fully saturated rings. The van der Waals surface area contributed by atoms with Crippen molar-refractivity contribution in [3.63, 3.8) is 0 Å². The molecule has 0 radical (unpaired) electrons. The molecule has 2 saturated carbocycles. The van der Waals surface area contributed by atoms with E-state index in [-0.39, 0.29) is 5.91 Å². The Morgan fingerprint density at radius 3 is 2.48 bits per heavy atom. The molecule has 3 N–H and O–H groups in total. The maximum atomic E-state index is 12.1. The Labute approximate surface area is 126 Å². The maximum absolute atomic E-state index is 12.1. The molecule has 21 heavy (non-hydrogen) atoms. The molecule has 0 spiro atoms. The van der Waals surface area contributed by atoms with Crippen LogP contribution in [-0.2, 0) is 9.53 Å². The topological polar surface area (TPSA) is 67.6 Å². The van der Waals surface area contributed by atoms with Crippen molar-refractivity contribution >= 4 is 5.91 Å². The first-order valence-electron chi connectivity index (χ1n) is 8.62. The zero-order valence-electron chi connectivity index (χ0n) is 12.7. The van der Waals surface area contributed by atoms with E-state index in [1.807, 2.05) is 0 Å². The molecule has 2 aliphatic carbocycles. The van der Waals surface area contributed by atoms with Gasteiger partial charge >= 0.3 is 0 Å². The van der Waals surface area contributed by atoms with Gasteiger partial charge in [-0.15, -0.1) is 0 Å². The minimum atomic E-state index is -0.457. The average molecular weight is 293 g/mol. The summed E-state index contributed by atoms with van der Waals surface area (Å²) in [4.78, 5) is 14.7. The van der Waals surface area contributed by atoms with E-state index in [0.717, 1.165) is 32.4 Å². The lowest BCUT2D eigenvalue weighted by Crippen LogP contribution is -2.62. The Balaban J connectivity index is 1.47. The van der Waals surface area contributed by atoms with Gasteiger partial charge in [0, 0.05) is 25.2 Å². The zero-order valence-corrected chi connectivity index (χ0v) is 12.7. The molecular formula is C16H27N3O2. The van der Waals surface area contributed by atoms with Crippen LogP contribution in [0.15, 0.2) is 0 Å². The van der Waals surface area contributed by atoms with Crippen LogP contribution in [0.5, 0.6) is 0 Å². The molecule has 4 aliphatic rings. The Morgan fingerprint density at radius 1 is 1.14 bits per heavy atom. The normalized spacial score (nSPS) is 43.9. The largest absolute Gasteiger partial charge is 0.372 e. The van der Waals surface area contributed by atoms with Crippen LogP contribution in [0.25, 0.3) is 0 Å². The van der Waals surface area contributed by atoms with E-state index in [2.05, 4.69) is 10.2 Å². The lowest BCUT2D eigenvalue weighted by atomic mass is 9.77. The third kappa shape index (κ3) is 2.71. The average Bonchev–Trinajstić information content (AvgIpc) is 3.22. The summed E-state index contributed by atoms with van der Waals surface area (Å²) in [5.74, 6) is -0.143. The van der Waals surface area contributed by atoms with E-state index in [4.69, 9.17) is 10.5 Å². The van der Waals surface area contributed by atoms with Crippen molar-refractivity contribution in [3.8, 4) is 0 Å². The molecule has 5 heteroatoms. The van der Waals surface area contributed by atoms with E-state index < -0.39 is 5.54 Å². The summed E-state index contributed by atoms with van der Waals surface area (Å²) in [5, 5.41) is 3.58. The lowest BCUT2D eigenvalue weighted by Gasteiger charge is -2.46. The summed E-state index contributed by atoms with van der Waals surface area (Å²) in [6.07, 6.45) is 9.73. The second-order valence-corrected chi connectivity index (χ2v) is 7.53. The molecule has 0 aromatic rings. The number of fused-ring (bicyclic) bond motifs is 2. The SMILES string of the molecule is NC(=O)C1(NC2CC2)CCCC(N2CC3CCC(C2)O3)C1. The van der Waals surface area contributed by atoms with Crippen LogP contribution < -0.4 is 11.1 Å². The van der Waals surface area contributed by atoms with Crippen LogP contribution in [0, 0.1) is 0 Å². The van der Waals surface area contributed by atoms with Gasteiger partial charge in [-0.1, -0.05) is 0 Å². The Morgan fingerprint density at radius 2 is 1.86 bits per heavy atom. The van der Waals surface area contributed by atoms with E-state index in [1.165, 1.54) is 32.1 Å². The van der Waals surface area contributed by atoms with Crippen molar-refractivity contribution in [2.45, 2.75) is 81.2 Å². The van der Waals surface area contributed by atoms with Crippen molar-refractivity contribution in [2.24, 2.45) is 5.73 Å². The fourth-order valence-corrected chi connectivity index (χ4v) is 4.55. The number of hydrogen-bond donors (Lipinski definition) is 2. The molecule has 4 unspecified atom stereocenters. The summed E-state index contributed by atoms with van der Waals surface area (Å²) in [6.45, 7) is 2.08. The van der Waals surface area contributed by atoms with Crippen molar-refractivity contribution in [1.29, 1.82) is 0 Å². The fourth-order valence-electron chi connectivity index (χ4n) is 4.55. The number of morpholine rings is 1. The number of rotatable bonds is 4.